The van der Waals surface area contributed by atoms with Crippen LogP contribution in [0.1, 0.15) is 0 Å². The third-order valence-electron chi connectivity index (χ3n) is 2.39. The molecule has 1 saturated heterocycles. The van der Waals surface area contributed by atoms with Gasteiger partial charge >= 0.3 is 5.97 Å². The van der Waals surface area contributed by atoms with Gasteiger partial charge in [0.15, 0.2) is 0 Å². The van der Waals surface area contributed by atoms with Crippen LogP contribution >= 0.6 is 0 Å². The van der Waals surface area contributed by atoms with E-state index >= 15 is 0 Å². The SMILES string of the molecule is COC(=O)C1CN1S(=O)(=O)c1ccccc1. The summed E-state index contributed by atoms with van der Waals surface area (Å²) in [5, 5.41) is 0. The van der Waals surface area contributed by atoms with Gasteiger partial charge in [-0.1, -0.05) is 18.2 Å². The van der Waals surface area contributed by atoms with Crippen LogP contribution < -0.4 is 0 Å². The molecule has 0 radical (unpaired) electrons. The molecule has 6 heteroatoms. The highest BCUT2D eigenvalue weighted by molar-refractivity contribution is 7.89. The molecule has 0 N–H and O–H groups in total. The first kappa shape index (κ1) is 11.1. The third-order valence-corrected chi connectivity index (χ3v) is 4.28. The normalized spacial score (nSPS) is 23.8. The maximum absolute atomic E-state index is 11.9. The van der Waals surface area contributed by atoms with Crippen molar-refractivity contribution in [3.8, 4) is 0 Å². The number of hydrogen-bond acceptors (Lipinski definition) is 4. The van der Waals surface area contributed by atoms with Crippen molar-refractivity contribution >= 4 is 16.0 Å². The Morgan fingerprint density at radius 1 is 1.38 bits per heavy atom. The predicted octanol–water partition coefficient (Wildman–Crippen LogP) is 0.232. The molecule has 1 aromatic carbocycles. The molecule has 1 fully saturated rings. The molecule has 1 aliphatic heterocycles. The molecule has 1 aliphatic rings. The number of sulfonamides is 1. The summed E-state index contributed by atoms with van der Waals surface area (Å²) in [5.41, 5.74) is 0. The van der Waals surface area contributed by atoms with E-state index in [1.54, 1.807) is 18.2 Å². The number of ether oxygens (including phenoxy) is 1. The summed E-state index contributed by atoms with van der Waals surface area (Å²) in [6.07, 6.45) is 0. The summed E-state index contributed by atoms with van der Waals surface area (Å²) in [7, 11) is -2.29. The van der Waals surface area contributed by atoms with Crippen molar-refractivity contribution in [2.75, 3.05) is 13.7 Å². The lowest BCUT2D eigenvalue weighted by atomic mass is 10.4. The molecule has 0 spiro atoms. The fraction of sp³-hybridized carbons (Fsp3) is 0.300. The summed E-state index contributed by atoms with van der Waals surface area (Å²) in [5.74, 6) is -0.514. The zero-order valence-corrected chi connectivity index (χ0v) is 9.48. The van der Waals surface area contributed by atoms with Gasteiger partial charge in [-0.2, -0.15) is 4.31 Å². The van der Waals surface area contributed by atoms with Crippen LogP contribution in [-0.2, 0) is 19.6 Å². The fourth-order valence-corrected chi connectivity index (χ4v) is 2.98. The van der Waals surface area contributed by atoms with E-state index < -0.39 is 22.0 Å². The third kappa shape index (κ3) is 1.81. The first-order valence-corrected chi connectivity index (χ1v) is 6.16. The summed E-state index contributed by atoms with van der Waals surface area (Å²) in [4.78, 5) is 11.3. The van der Waals surface area contributed by atoms with Crippen LogP contribution in [0, 0.1) is 0 Å². The number of nitrogens with zero attached hydrogens (tertiary/aromatic N) is 1. The maximum atomic E-state index is 11.9. The van der Waals surface area contributed by atoms with Crippen molar-refractivity contribution in [2.45, 2.75) is 10.9 Å². The Bertz CT molecular complexity index is 497. The second-order valence-electron chi connectivity index (χ2n) is 3.43. The highest BCUT2D eigenvalue weighted by atomic mass is 32.2. The Morgan fingerprint density at radius 3 is 2.56 bits per heavy atom. The summed E-state index contributed by atoms with van der Waals surface area (Å²) < 4.78 is 29.5. The smallest absolute Gasteiger partial charge is 0.325 e. The monoisotopic (exact) mass is 241 g/mol. The molecule has 2 atom stereocenters. The first-order valence-electron chi connectivity index (χ1n) is 4.72. The van der Waals surface area contributed by atoms with E-state index in [1.165, 1.54) is 19.2 Å². The summed E-state index contributed by atoms with van der Waals surface area (Å²) in [6, 6.07) is 7.37. The molecule has 0 bridgehead atoms. The number of methoxy groups -OCH3 is 1. The van der Waals surface area contributed by atoms with Crippen LogP contribution in [0.4, 0.5) is 0 Å². The number of carbonyl (C=O) groups is 1. The average molecular weight is 241 g/mol. The fourth-order valence-electron chi connectivity index (χ4n) is 1.44. The molecular weight excluding hydrogens is 230 g/mol. The maximum Gasteiger partial charge on any atom is 0.325 e. The molecule has 0 aliphatic carbocycles. The van der Waals surface area contributed by atoms with Crippen LogP contribution in [0.15, 0.2) is 35.2 Å². The Labute approximate surface area is 93.7 Å². The molecule has 0 aromatic heterocycles. The van der Waals surface area contributed by atoms with E-state index in [1.807, 2.05) is 0 Å². The standard InChI is InChI=1S/C10H11NO4S/c1-15-10(12)9-7-11(9)16(13,14)8-5-3-2-4-6-8/h2-6,9H,7H2,1H3. The molecule has 1 heterocycles. The average Bonchev–Trinajstić information content (AvgIpc) is 3.10. The summed E-state index contributed by atoms with van der Waals surface area (Å²) in [6.45, 7) is 0.198. The highest BCUT2D eigenvalue weighted by Gasteiger charge is 2.50. The van der Waals surface area contributed by atoms with E-state index in [2.05, 4.69) is 4.74 Å². The molecular formula is C10H11NO4S. The van der Waals surface area contributed by atoms with Crippen LogP contribution in [0.2, 0.25) is 0 Å². The Morgan fingerprint density at radius 2 is 2.00 bits per heavy atom. The second kappa shape index (κ2) is 3.88. The molecule has 0 saturated carbocycles. The molecule has 16 heavy (non-hydrogen) atoms. The van der Waals surface area contributed by atoms with Gasteiger partial charge in [0.05, 0.1) is 12.0 Å². The van der Waals surface area contributed by atoms with Gasteiger partial charge in [-0.15, -0.1) is 0 Å². The second-order valence-corrected chi connectivity index (χ2v) is 5.32. The van der Waals surface area contributed by atoms with Crippen molar-refractivity contribution in [2.24, 2.45) is 0 Å². The van der Waals surface area contributed by atoms with Crippen molar-refractivity contribution in [3.63, 3.8) is 0 Å². The Kier molecular flexibility index (Phi) is 2.69. The van der Waals surface area contributed by atoms with E-state index in [0.717, 1.165) is 4.31 Å². The molecule has 5 nitrogen and oxygen atoms in total. The number of hydrogen-bond donors (Lipinski definition) is 0. The quantitative estimate of drug-likeness (QED) is 0.561. The molecule has 0 amide bonds. The zero-order valence-electron chi connectivity index (χ0n) is 8.66. The molecule has 2 rings (SSSR count). The van der Waals surface area contributed by atoms with E-state index in [9.17, 15) is 13.2 Å². The van der Waals surface area contributed by atoms with E-state index in [-0.39, 0.29) is 11.4 Å². The lowest BCUT2D eigenvalue weighted by Crippen LogP contribution is -2.20. The van der Waals surface area contributed by atoms with Crippen LogP contribution in [0.5, 0.6) is 0 Å². The number of carbonyl (C=O) groups excluding carboxylic acids is 1. The number of benzene rings is 1. The van der Waals surface area contributed by atoms with Gasteiger partial charge in [-0.25, -0.2) is 8.42 Å². The summed E-state index contributed by atoms with van der Waals surface area (Å²) >= 11 is 0. The molecule has 2 unspecified atom stereocenters. The van der Waals surface area contributed by atoms with Crippen molar-refractivity contribution in [3.05, 3.63) is 30.3 Å². The van der Waals surface area contributed by atoms with Crippen LogP contribution in [-0.4, -0.2) is 38.4 Å². The van der Waals surface area contributed by atoms with E-state index in [4.69, 9.17) is 0 Å². The van der Waals surface area contributed by atoms with Gasteiger partial charge < -0.3 is 4.74 Å². The Hall–Kier alpha value is -1.40. The predicted molar refractivity (Wildman–Crippen MR) is 56.1 cm³/mol. The lowest BCUT2D eigenvalue weighted by molar-refractivity contribution is -0.140. The van der Waals surface area contributed by atoms with Crippen molar-refractivity contribution < 1.29 is 17.9 Å². The van der Waals surface area contributed by atoms with Gasteiger partial charge in [-0.3, -0.25) is 4.79 Å². The lowest BCUT2D eigenvalue weighted by Gasteiger charge is -2.04. The number of rotatable bonds is 3. The van der Waals surface area contributed by atoms with Gasteiger partial charge in [0.25, 0.3) is 0 Å². The largest absolute Gasteiger partial charge is 0.468 e. The van der Waals surface area contributed by atoms with Gasteiger partial charge in [-0.05, 0) is 12.1 Å². The first-order chi connectivity index (χ1) is 7.57. The minimum atomic E-state index is -3.54. The van der Waals surface area contributed by atoms with Gasteiger partial charge in [0.2, 0.25) is 10.0 Å². The zero-order chi connectivity index (χ0) is 11.8. The van der Waals surface area contributed by atoms with Crippen LogP contribution in [0.25, 0.3) is 0 Å². The Balaban J connectivity index is 2.21. The van der Waals surface area contributed by atoms with E-state index in [0.29, 0.717) is 0 Å². The molecule has 86 valence electrons. The van der Waals surface area contributed by atoms with Crippen molar-refractivity contribution in [1.82, 2.24) is 4.31 Å². The topological polar surface area (TPSA) is 63.5 Å². The minimum Gasteiger partial charge on any atom is -0.468 e. The van der Waals surface area contributed by atoms with Gasteiger partial charge in [0.1, 0.15) is 6.04 Å². The van der Waals surface area contributed by atoms with Crippen LogP contribution in [0.3, 0.4) is 0 Å². The number of esters is 1. The molecule has 1 aromatic rings. The minimum absolute atomic E-state index is 0.196. The highest BCUT2D eigenvalue weighted by Crippen LogP contribution is 2.28. The van der Waals surface area contributed by atoms with Gasteiger partial charge in [0, 0.05) is 6.54 Å². The van der Waals surface area contributed by atoms with Crippen molar-refractivity contribution in [1.29, 1.82) is 0 Å².